The molecule has 0 aliphatic carbocycles. The summed E-state index contributed by atoms with van der Waals surface area (Å²) < 4.78 is 38.1. The summed E-state index contributed by atoms with van der Waals surface area (Å²) in [6.45, 7) is 1.81. The van der Waals surface area contributed by atoms with Crippen LogP contribution in [0.15, 0.2) is 30.7 Å². The second-order valence-corrected chi connectivity index (χ2v) is 3.36. The maximum absolute atomic E-state index is 12.3. The van der Waals surface area contributed by atoms with Crippen molar-refractivity contribution in [3.63, 3.8) is 0 Å². The van der Waals surface area contributed by atoms with Crippen LogP contribution in [0.1, 0.15) is 11.3 Å². The van der Waals surface area contributed by atoms with Crippen molar-refractivity contribution in [1.29, 1.82) is 0 Å². The summed E-state index contributed by atoms with van der Waals surface area (Å²) in [6.07, 6.45) is -0.0698. The van der Waals surface area contributed by atoms with Crippen LogP contribution < -0.4 is 0 Å². The molecule has 0 aliphatic heterocycles. The SMILES string of the molecule is Cc1cncc(-n2ccc(C(F)(F)F)n2)c1. The zero-order chi connectivity index (χ0) is 11.8. The van der Waals surface area contributed by atoms with Crippen LogP contribution in [-0.2, 0) is 6.18 Å². The Kier molecular flexibility index (Phi) is 2.41. The Morgan fingerprint density at radius 1 is 1.25 bits per heavy atom. The number of hydrogen-bond donors (Lipinski definition) is 0. The second kappa shape index (κ2) is 3.62. The Morgan fingerprint density at radius 2 is 2.00 bits per heavy atom. The molecule has 0 radical (unpaired) electrons. The topological polar surface area (TPSA) is 30.7 Å². The lowest BCUT2D eigenvalue weighted by Gasteiger charge is -2.03. The maximum Gasteiger partial charge on any atom is 0.435 e. The molecule has 6 heteroatoms. The van der Waals surface area contributed by atoms with Crippen LogP contribution in [-0.4, -0.2) is 14.8 Å². The van der Waals surface area contributed by atoms with Gasteiger partial charge in [0.15, 0.2) is 5.69 Å². The molecule has 0 bridgehead atoms. The molecule has 0 spiro atoms. The van der Waals surface area contributed by atoms with Crippen LogP contribution in [0.3, 0.4) is 0 Å². The molecule has 2 aromatic rings. The van der Waals surface area contributed by atoms with Crippen LogP contribution in [0.4, 0.5) is 13.2 Å². The predicted octanol–water partition coefficient (Wildman–Crippen LogP) is 2.59. The van der Waals surface area contributed by atoms with Gasteiger partial charge in [0.25, 0.3) is 0 Å². The smallest absolute Gasteiger partial charge is 0.262 e. The molecule has 0 aromatic carbocycles. The van der Waals surface area contributed by atoms with Gasteiger partial charge in [-0.3, -0.25) is 4.98 Å². The first-order valence-corrected chi connectivity index (χ1v) is 4.52. The largest absolute Gasteiger partial charge is 0.435 e. The van der Waals surface area contributed by atoms with Gasteiger partial charge in [-0.1, -0.05) is 0 Å². The summed E-state index contributed by atoms with van der Waals surface area (Å²) >= 11 is 0. The van der Waals surface area contributed by atoms with E-state index in [9.17, 15) is 13.2 Å². The Morgan fingerprint density at radius 3 is 2.56 bits per heavy atom. The molecular weight excluding hydrogens is 219 g/mol. The van der Waals surface area contributed by atoms with Crippen molar-refractivity contribution in [3.05, 3.63) is 42.0 Å². The van der Waals surface area contributed by atoms with E-state index in [1.165, 1.54) is 12.4 Å². The molecule has 16 heavy (non-hydrogen) atoms. The summed E-state index contributed by atoms with van der Waals surface area (Å²) in [4.78, 5) is 3.89. The summed E-state index contributed by atoms with van der Waals surface area (Å²) in [7, 11) is 0. The third kappa shape index (κ3) is 2.05. The van der Waals surface area contributed by atoms with Gasteiger partial charge in [0, 0.05) is 12.4 Å². The number of halogens is 3. The van der Waals surface area contributed by atoms with E-state index >= 15 is 0 Å². The van der Waals surface area contributed by atoms with Crippen molar-refractivity contribution in [3.8, 4) is 5.69 Å². The van der Waals surface area contributed by atoms with Crippen LogP contribution in [0.25, 0.3) is 5.69 Å². The van der Waals surface area contributed by atoms with Crippen molar-refractivity contribution in [2.24, 2.45) is 0 Å². The standard InChI is InChI=1S/C10H8F3N3/c1-7-4-8(6-14-5-7)16-3-2-9(15-16)10(11,12)13/h2-6H,1H3. The molecule has 2 heterocycles. The average molecular weight is 227 g/mol. The molecule has 84 valence electrons. The molecule has 0 unspecified atom stereocenters. The molecule has 2 rings (SSSR count). The van der Waals surface area contributed by atoms with E-state index in [1.807, 2.05) is 6.92 Å². The number of nitrogens with zero attached hydrogens (tertiary/aromatic N) is 3. The highest BCUT2D eigenvalue weighted by Gasteiger charge is 2.33. The van der Waals surface area contributed by atoms with E-state index in [0.29, 0.717) is 5.69 Å². The quantitative estimate of drug-likeness (QED) is 0.749. The minimum absolute atomic E-state index is 0.510. The summed E-state index contributed by atoms with van der Waals surface area (Å²) in [6, 6.07) is 2.64. The molecule has 0 amide bonds. The molecule has 3 nitrogen and oxygen atoms in total. The lowest BCUT2D eigenvalue weighted by Crippen LogP contribution is -2.07. The van der Waals surface area contributed by atoms with E-state index in [4.69, 9.17) is 0 Å². The molecule has 0 atom stereocenters. The van der Waals surface area contributed by atoms with Gasteiger partial charge < -0.3 is 0 Å². The summed E-state index contributed by atoms with van der Waals surface area (Å²) in [5.41, 5.74) is 0.464. The number of alkyl halides is 3. The molecule has 2 aromatic heterocycles. The number of hydrogen-bond acceptors (Lipinski definition) is 2. The van der Waals surface area contributed by atoms with Crippen molar-refractivity contribution < 1.29 is 13.2 Å². The van der Waals surface area contributed by atoms with Gasteiger partial charge in [-0.15, -0.1) is 0 Å². The minimum atomic E-state index is -4.41. The first-order chi connectivity index (χ1) is 7.47. The van der Waals surface area contributed by atoms with Crippen molar-refractivity contribution >= 4 is 0 Å². The monoisotopic (exact) mass is 227 g/mol. The number of pyridine rings is 1. The fraction of sp³-hybridized carbons (Fsp3) is 0.200. The summed E-state index contributed by atoms with van der Waals surface area (Å²) in [5, 5.41) is 3.44. The zero-order valence-corrected chi connectivity index (χ0v) is 8.36. The Labute approximate surface area is 89.5 Å². The predicted molar refractivity (Wildman–Crippen MR) is 51.1 cm³/mol. The Hall–Kier alpha value is -1.85. The average Bonchev–Trinajstić information content (AvgIpc) is 2.65. The molecule has 0 fully saturated rings. The van der Waals surface area contributed by atoms with E-state index < -0.39 is 11.9 Å². The number of rotatable bonds is 1. The third-order valence-electron chi connectivity index (χ3n) is 2.00. The van der Waals surface area contributed by atoms with E-state index in [-0.39, 0.29) is 0 Å². The van der Waals surface area contributed by atoms with Crippen molar-refractivity contribution in [2.45, 2.75) is 13.1 Å². The van der Waals surface area contributed by atoms with Gasteiger partial charge in [0.05, 0.1) is 11.9 Å². The molecule has 0 saturated heterocycles. The fourth-order valence-corrected chi connectivity index (χ4v) is 1.28. The Balaban J connectivity index is 2.39. The van der Waals surface area contributed by atoms with E-state index in [1.54, 1.807) is 12.3 Å². The van der Waals surface area contributed by atoms with Gasteiger partial charge in [0.1, 0.15) is 0 Å². The van der Waals surface area contributed by atoms with Gasteiger partial charge in [-0.2, -0.15) is 18.3 Å². The van der Waals surface area contributed by atoms with Gasteiger partial charge >= 0.3 is 6.18 Å². The lowest BCUT2D eigenvalue weighted by molar-refractivity contribution is -0.141. The highest BCUT2D eigenvalue weighted by Crippen LogP contribution is 2.27. The Bertz CT molecular complexity index is 502. The zero-order valence-electron chi connectivity index (χ0n) is 8.36. The first-order valence-electron chi connectivity index (χ1n) is 4.52. The van der Waals surface area contributed by atoms with Gasteiger partial charge in [-0.05, 0) is 24.6 Å². The normalized spacial score (nSPS) is 11.8. The fourth-order valence-electron chi connectivity index (χ4n) is 1.28. The van der Waals surface area contributed by atoms with Crippen LogP contribution >= 0.6 is 0 Å². The highest BCUT2D eigenvalue weighted by molar-refractivity contribution is 5.31. The van der Waals surface area contributed by atoms with Crippen molar-refractivity contribution in [1.82, 2.24) is 14.8 Å². The van der Waals surface area contributed by atoms with E-state index in [0.717, 1.165) is 16.3 Å². The number of aryl methyl sites for hydroxylation is 1. The minimum Gasteiger partial charge on any atom is -0.262 e. The summed E-state index contributed by atoms with van der Waals surface area (Å²) in [5.74, 6) is 0. The molecule has 0 aliphatic rings. The molecular formula is C10H8F3N3. The van der Waals surface area contributed by atoms with Crippen molar-refractivity contribution in [2.75, 3.05) is 0 Å². The van der Waals surface area contributed by atoms with Gasteiger partial charge in [-0.25, -0.2) is 4.68 Å². The van der Waals surface area contributed by atoms with Gasteiger partial charge in [0.2, 0.25) is 0 Å². The molecule has 0 N–H and O–H groups in total. The maximum atomic E-state index is 12.3. The first kappa shape index (κ1) is 10.7. The van der Waals surface area contributed by atoms with Crippen LogP contribution in [0, 0.1) is 6.92 Å². The third-order valence-corrected chi connectivity index (χ3v) is 2.00. The van der Waals surface area contributed by atoms with Crippen LogP contribution in [0.2, 0.25) is 0 Å². The highest BCUT2D eigenvalue weighted by atomic mass is 19.4. The van der Waals surface area contributed by atoms with E-state index in [2.05, 4.69) is 10.1 Å². The number of aromatic nitrogens is 3. The second-order valence-electron chi connectivity index (χ2n) is 3.36. The lowest BCUT2D eigenvalue weighted by atomic mass is 10.3. The van der Waals surface area contributed by atoms with Crippen LogP contribution in [0.5, 0.6) is 0 Å². The molecule has 0 saturated carbocycles.